The maximum absolute atomic E-state index is 13.1. The predicted octanol–water partition coefficient (Wildman–Crippen LogP) is 22.5. The van der Waals surface area contributed by atoms with Crippen LogP contribution < -0.4 is 0 Å². The number of esters is 4. The molecule has 17 nitrogen and oxygen atoms in total. The Morgan fingerprint density at radius 1 is 0.295 bits per heavy atom. The highest BCUT2D eigenvalue weighted by Gasteiger charge is 2.30. The second kappa shape index (κ2) is 69.2. The fourth-order valence-corrected chi connectivity index (χ4v) is 13.3. The van der Waals surface area contributed by atoms with Crippen molar-refractivity contribution in [1.29, 1.82) is 0 Å². The number of phosphoric ester groups is 2. The van der Waals surface area contributed by atoms with Crippen LogP contribution in [0.25, 0.3) is 0 Å². The summed E-state index contributed by atoms with van der Waals surface area (Å²) in [6.07, 6.45) is 58.3. The zero-order chi connectivity index (χ0) is 69.8. The summed E-state index contributed by atoms with van der Waals surface area (Å²) in [5.74, 6) is -1.38. The normalized spacial score (nSPS) is 14.2. The summed E-state index contributed by atoms with van der Waals surface area (Å²) in [4.78, 5) is 72.7. The maximum Gasteiger partial charge on any atom is 0.472 e. The first-order chi connectivity index (χ1) is 46.1. The van der Waals surface area contributed by atoms with Crippen molar-refractivity contribution < 1.29 is 80.2 Å². The summed E-state index contributed by atoms with van der Waals surface area (Å²) in [6, 6.07) is 0. The monoisotopic (exact) mass is 1400 g/mol. The third-order valence-electron chi connectivity index (χ3n) is 18.1. The van der Waals surface area contributed by atoms with Crippen LogP contribution in [0.1, 0.15) is 401 Å². The van der Waals surface area contributed by atoms with E-state index in [4.69, 9.17) is 37.0 Å². The number of carbonyl (C=O) groups excluding carboxylic acids is 4. The molecule has 0 aromatic carbocycles. The lowest BCUT2D eigenvalue weighted by Crippen LogP contribution is -2.30. The molecule has 0 fully saturated rings. The lowest BCUT2D eigenvalue weighted by molar-refractivity contribution is -0.161. The topological polar surface area (TPSA) is 237 Å². The number of unbranched alkanes of at least 4 members (excludes halogenated alkanes) is 47. The molecule has 0 rings (SSSR count). The molecule has 3 unspecified atom stereocenters. The molecular weight excluding hydrogens is 1250 g/mol. The number of aliphatic hydroxyl groups is 1. The molecule has 0 aromatic heterocycles. The van der Waals surface area contributed by atoms with Crippen LogP contribution in [0.2, 0.25) is 0 Å². The molecule has 95 heavy (non-hydrogen) atoms. The van der Waals surface area contributed by atoms with E-state index in [0.29, 0.717) is 25.7 Å². The summed E-state index contributed by atoms with van der Waals surface area (Å²) < 4.78 is 68.5. The molecule has 0 aliphatic carbocycles. The summed E-state index contributed by atoms with van der Waals surface area (Å²) in [7, 11) is -9.91. The summed E-state index contributed by atoms with van der Waals surface area (Å²) in [5.41, 5.74) is 0. The van der Waals surface area contributed by atoms with Crippen molar-refractivity contribution >= 4 is 39.5 Å². The zero-order valence-corrected chi connectivity index (χ0v) is 63.6. The fraction of sp³-hybridized carbons (Fsp3) is 0.947. The molecule has 0 heterocycles. The van der Waals surface area contributed by atoms with E-state index in [2.05, 4.69) is 34.6 Å². The average molecular weight is 1400 g/mol. The number of carbonyl (C=O) groups is 4. The molecule has 6 atom stereocenters. The number of aliphatic hydroxyl groups excluding tert-OH is 1. The molecule has 0 saturated carbocycles. The van der Waals surface area contributed by atoms with E-state index in [-0.39, 0.29) is 25.7 Å². The highest BCUT2D eigenvalue weighted by Crippen LogP contribution is 2.45. The van der Waals surface area contributed by atoms with E-state index in [9.17, 15) is 43.2 Å². The van der Waals surface area contributed by atoms with Gasteiger partial charge in [-0.05, 0) is 31.6 Å². The standard InChI is InChI=1S/C76H148O17P2/c1-6-10-13-16-19-22-25-28-29-30-31-32-33-34-35-36-39-42-45-52-57-62-76(81)92-71(65-86-73(78)59-54-49-43-40-37-26-23-20-17-14-11-7-2)67-90-94(82,83)88-63-70(77)64-89-95(84,85)91-68-72(66-87-74(79)60-55-50-47-46-48-53-58-69(5)9-4)93-75(80)61-56-51-44-41-38-27-24-21-18-15-12-8-3/h69-72,77H,6-68H2,1-5H3,(H,82,83)(H,84,85)/t69?,70-,71-,72-/m1/s1. The first-order valence-corrected chi connectivity index (χ1v) is 42.7. The molecular formula is C76H148O17P2. The van der Waals surface area contributed by atoms with Gasteiger partial charge in [-0.15, -0.1) is 0 Å². The van der Waals surface area contributed by atoms with Gasteiger partial charge in [0.05, 0.1) is 26.4 Å². The molecule has 3 N–H and O–H groups in total. The Bertz CT molecular complexity index is 1820. The first-order valence-electron chi connectivity index (χ1n) is 39.7. The first kappa shape index (κ1) is 93.1. The average Bonchev–Trinajstić information content (AvgIpc) is 1.47. The van der Waals surface area contributed by atoms with Crippen LogP contribution in [0.4, 0.5) is 0 Å². The number of phosphoric acid groups is 2. The van der Waals surface area contributed by atoms with Gasteiger partial charge in [-0.25, -0.2) is 9.13 Å². The van der Waals surface area contributed by atoms with E-state index >= 15 is 0 Å². The van der Waals surface area contributed by atoms with Crippen LogP contribution >= 0.6 is 15.6 Å². The minimum Gasteiger partial charge on any atom is -0.462 e. The Hall–Kier alpha value is -1.94. The van der Waals surface area contributed by atoms with Gasteiger partial charge in [0, 0.05) is 25.7 Å². The summed E-state index contributed by atoms with van der Waals surface area (Å²) in [6.45, 7) is 7.25. The van der Waals surface area contributed by atoms with Gasteiger partial charge in [0.1, 0.15) is 19.3 Å². The Morgan fingerprint density at radius 2 is 0.505 bits per heavy atom. The van der Waals surface area contributed by atoms with Crippen molar-refractivity contribution in [3.05, 3.63) is 0 Å². The molecule has 0 aromatic rings. The number of rotatable bonds is 76. The minimum atomic E-state index is -4.96. The maximum atomic E-state index is 13.1. The lowest BCUT2D eigenvalue weighted by atomic mass is 10.00. The Morgan fingerprint density at radius 3 is 0.747 bits per heavy atom. The van der Waals surface area contributed by atoms with E-state index in [1.54, 1.807) is 0 Å². The van der Waals surface area contributed by atoms with Gasteiger partial charge in [-0.3, -0.25) is 37.3 Å². The Balaban J connectivity index is 5.19. The number of hydrogen-bond donors (Lipinski definition) is 3. The van der Waals surface area contributed by atoms with Crippen LogP contribution in [-0.2, 0) is 65.4 Å². The second-order valence-corrected chi connectivity index (χ2v) is 30.5. The van der Waals surface area contributed by atoms with Crippen LogP contribution in [0.15, 0.2) is 0 Å². The Labute approximate surface area is 581 Å². The SMILES string of the molecule is CCCCCCCCCCCCCCCCCCCCCCCC(=O)O[C@H](COC(=O)CCCCCCCCCCCCCC)COP(=O)(O)OC[C@@H](O)COP(=O)(O)OC[C@@H](COC(=O)CCCCCCCCC(C)CC)OC(=O)CCCCCCCCCCCCCC. The van der Waals surface area contributed by atoms with E-state index in [1.165, 1.54) is 218 Å². The third kappa shape index (κ3) is 69.0. The van der Waals surface area contributed by atoms with Gasteiger partial charge >= 0.3 is 39.5 Å². The number of ether oxygens (including phenoxy) is 4. The highest BCUT2D eigenvalue weighted by molar-refractivity contribution is 7.47. The van der Waals surface area contributed by atoms with Crippen molar-refractivity contribution in [2.45, 2.75) is 419 Å². The summed E-state index contributed by atoms with van der Waals surface area (Å²) in [5, 5.41) is 10.6. The Kier molecular flexibility index (Phi) is 67.7. The molecule has 0 bridgehead atoms. The van der Waals surface area contributed by atoms with Gasteiger partial charge in [0.2, 0.25) is 0 Å². The van der Waals surface area contributed by atoms with Crippen LogP contribution in [0.5, 0.6) is 0 Å². The van der Waals surface area contributed by atoms with Gasteiger partial charge in [0.25, 0.3) is 0 Å². The van der Waals surface area contributed by atoms with Crippen molar-refractivity contribution in [3.63, 3.8) is 0 Å². The molecule has 0 radical (unpaired) electrons. The smallest absolute Gasteiger partial charge is 0.462 e. The lowest BCUT2D eigenvalue weighted by Gasteiger charge is -2.21. The van der Waals surface area contributed by atoms with Crippen molar-refractivity contribution in [2.75, 3.05) is 39.6 Å². The van der Waals surface area contributed by atoms with E-state index in [0.717, 1.165) is 102 Å². The zero-order valence-electron chi connectivity index (χ0n) is 61.8. The third-order valence-corrected chi connectivity index (χ3v) is 20.0. The molecule has 0 aliphatic rings. The van der Waals surface area contributed by atoms with Crippen LogP contribution in [0, 0.1) is 5.92 Å². The van der Waals surface area contributed by atoms with Gasteiger partial charge in [-0.2, -0.15) is 0 Å². The van der Waals surface area contributed by atoms with Crippen LogP contribution in [-0.4, -0.2) is 96.7 Å². The highest BCUT2D eigenvalue weighted by atomic mass is 31.2. The quantitative estimate of drug-likeness (QED) is 0.0222. The van der Waals surface area contributed by atoms with E-state index in [1.807, 2.05) is 0 Å². The largest absolute Gasteiger partial charge is 0.472 e. The van der Waals surface area contributed by atoms with Crippen molar-refractivity contribution in [2.24, 2.45) is 5.92 Å². The fourth-order valence-electron chi connectivity index (χ4n) is 11.7. The molecule has 0 amide bonds. The molecule has 0 spiro atoms. The van der Waals surface area contributed by atoms with Gasteiger partial charge in [-0.1, -0.05) is 349 Å². The van der Waals surface area contributed by atoms with Crippen molar-refractivity contribution in [1.82, 2.24) is 0 Å². The number of hydrogen-bond acceptors (Lipinski definition) is 15. The van der Waals surface area contributed by atoms with Gasteiger partial charge in [0.15, 0.2) is 12.2 Å². The molecule has 19 heteroatoms. The van der Waals surface area contributed by atoms with Crippen molar-refractivity contribution in [3.8, 4) is 0 Å². The predicted molar refractivity (Wildman–Crippen MR) is 386 cm³/mol. The minimum absolute atomic E-state index is 0.107. The van der Waals surface area contributed by atoms with Gasteiger partial charge < -0.3 is 33.8 Å². The second-order valence-electron chi connectivity index (χ2n) is 27.6. The molecule has 564 valence electrons. The summed E-state index contributed by atoms with van der Waals surface area (Å²) >= 11 is 0. The van der Waals surface area contributed by atoms with Crippen LogP contribution in [0.3, 0.4) is 0 Å². The molecule has 0 saturated heterocycles. The van der Waals surface area contributed by atoms with E-state index < -0.39 is 97.5 Å². The molecule has 0 aliphatic heterocycles.